The molecule has 5 rings (SSSR count). The van der Waals surface area contributed by atoms with Gasteiger partial charge in [0.1, 0.15) is 5.52 Å². The molecule has 1 spiro atoms. The fourth-order valence-electron chi connectivity index (χ4n) is 4.82. The molecule has 1 aliphatic heterocycles. The lowest BCUT2D eigenvalue weighted by atomic mass is 9.87. The Balaban J connectivity index is 1.21. The summed E-state index contributed by atoms with van der Waals surface area (Å²) in [5, 5.41) is 4.92. The quantitative estimate of drug-likeness (QED) is 0.772. The Morgan fingerprint density at radius 3 is 2.46 bits per heavy atom. The molecular formula is C19H26ClN5S. The normalized spacial score (nSPS) is 28.5. The van der Waals surface area contributed by atoms with Crippen molar-refractivity contribution in [2.75, 3.05) is 18.4 Å². The predicted molar refractivity (Wildman–Crippen MR) is 107 cm³/mol. The Kier molecular flexibility index (Phi) is 4.33. The summed E-state index contributed by atoms with van der Waals surface area (Å²) in [6.45, 7) is 4.64. The maximum absolute atomic E-state index is 6.11. The van der Waals surface area contributed by atoms with E-state index in [0.29, 0.717) is 11.3 Å². The van der Waals surface area contributed by atoms with Crippen LogP contribution < -0.4 is 5.32 Å². The minimum Gasteiger partial charge on any atom is -0.365 e. The van der Waals surface area contributed by atoms with Crippen molar-refractivity contribution in [1.29, 1.82) is 0 Å². The molecule has 1 saturated heterocycles. The molecule has 0 atom stereocenters. The van der Waals surface area contributed by atoms with Crippen LogP contribution >= 0.6 is 22.9 Å². The molecule has 7 heteroatoms. The van der Waals surface area contributed by atoms with Gasteiger partial charge in [-0.15, -0.1) is 0 Å². The molecule has 26 heavy (non-hydrogen) atoms. The molecule has 2 aromatic rings. The molecule has 1 N–H and O–H groups in total. The maximum Gasteiger partial charge on any atom is 0.225 e. The molecule has 3 fully saturated rings. The van der Waals surface area contributed by atoms with Crippen LogP contribution in [0, 0.1) is 12.3 Å². The number of fused-ring (bicyclic) bond motifs is 1. The third-order valence-corrected chi connectivity index (χ3v) is 7.74. The third kappa shape index (κ3) is 3.32. The van der Waals surface area contributed by atoms with Gasteiger partial charge in [-0.3, -0.25) is 0 Å². The molecule has 0 aromatic carbocycles. The number of nitrogens with one attached hydrogen (secondary N) is 1. The summed E-state index contributed by atoms with van der Waals surface area (Å²) < 4.78 is 0. The topological polar surface area (TPSA) is 53.9 Å². The highest BCUT2D eigenvalue weighted by molar-refractivity contribution is 7.18. The molecule has 140 valence electrons. The fourth-order valence-corrected chi connectivity index (χ4v) is 5.83. The second-order valence-electron chi connectivity index (χ2n) is 8.41. The number of thiazole rings is 1. The summed E-state index contributed by atoms with van der Waals surface area (Å²) in [6.07, 6.45) is 10.8. The van der Waals surface area contributed by atoms with Gasteiger partial charge in [0.05, 0.1) is 5.01 Å². The number of aromatic nitrogens is 3. The number of anilines is 1. The van der Waals surface area contributed by atoms with E-state index >= 15 is 0 Å². The van der Waals surface area contributed by atoms with Crippen molar-refractivity contribution in [2.24, 2.45) is 5.41 Å². The number of halogens is 1. The van der Waals surface area contributed by atoms with Gasteiger partial charge in [0.15, 0.2) is 10.6 Å². The summed E-state index contributed by atoms with van der Waals surface area (Å²) in [5.41, 5.74) is 1.64. The smallest absolute Gasteiger partial charge is 0.225 e. The van der Waals surface area contributed by atoms with Gasteiger partial charge in [-0.1, -0.05) is 11.3 Å². The molecule has 3 aliphatic rings. The van der Waals surface area contributed by atoms with Crippen LogP contribution in [0.15, 0.2) is 0 Å². The van der Waals surface area contributed by atoms with Crippen LogP contribution in [0.3, 0.4) is 0 Å². The van der Waals surface area contributed by atoms with Crippen molar-refractivity contribution in [3.05, 3.63) is 10.3 Å². The van der Waals surface area contributed by atoms with Crippen LogP contribution in [-0.4, -0.2) is 45.0 Å². The number of rotatable bonds is 3. The highest BCUT2D eigenvalue weighted by Gasteiger charge is 2.45. The molecule has 2 aliphatic carbocycles. The van der Waals surface area contributed by atoms with Crippen molar-refractivity contribution in [3.8, 4) is 0 Å². The number of piperidine rings is 1. The average molecular weight is 392 g/mol. The molecule has 2 aromatic heterocycles. The first-order chi connectivity index (χ1) is 12.6. The molecular weight excluding hydrogens is 366 g/mol. The summed E-state index contributed by atoms with van der Waals surface area (Å²) in [6, 6.07) is 1.24. The molecule has 0 amide bonds. The number of nitrogens with zero attached hydrogens (tertiary/aromatic N) is 4. The Morgan fingerprint density at radius 1 is 1.04 bits per heavy atom. The van der Waals surface area contributed by atoms with Gasteiger partial charge in [-0.05, 0) is 88.4 Å². The van der Waals surface area contributed by atoms with Crippen LogP contribution in [-0.2, 0) is 0 Å². The van der Waals surface area contributed by atoms with Gasteiger partial charge in [-0.2, -0.15) is 4.98 Å². The summed E-state index contributed by atoms with van der Waals surface area (Å²) in [5.74, 6) is 0.807. The van der Waals surface area contributed by atoms with E-state index in [9.17, 15) is 0 Å². The van der Waals surface area contributed by atoms with Crippen molar-refractivity contribution in [2.45, 2.75) is 70.4 Å². The first kappa shape index (κ1) is 17.1. The number of hydrogen-bond acceptors (Lipinski definition) is 6. The minimum atomic E-state index is 0.305. The molecule has 3 heterocycles. The van der Waals surface area contributed by atoms with Crippen LogP contribution in [0.4, 0.5) is 5.82 Å². The van der Waals surface area contributed by atoms with Crippen LogP contribution in [0.25, 0.3) is 10.3 Å². The summed E-state index contributed by atoms with van der Waals surface area (Å²) in [7, 11) is 0. The highest BCUT2D eigenvalue weighted by Crippen LogP contribution is 2.54. The minimum absolute atomic E-state index is 0.305. The Bertz CT molecular complexity index is 800. The van der Waals surface area contributed by atoms with E-state index in [-0.39, 0.29) is 0 Å². The van der Waals surface area contributed by atoms with Gasteiger partial charge >= 0.3 is 0 Å². The second kappa shape index (κ2) is 6.57. The Labute approximate surface area is 163 Å². The first-order valence-corrected chi connectivity index (χ1v) is 11.1. The number of likely N-dealkylation sites (tertiary alicyclic amines) is 1. The highest BCUT2D eigenvalue weighted by atomic mass is 35.5. The van der Waals surface area contributed by atoms with Crippen LogP contribution in [0.1, 0.15) is 56.4 Å². The van der Waals surface area contributed by atoms with E-state index in [1.54, 1.807) is 11.3 Å². The zero-order valence-electron chi connectivity index (χ0n) is 15.3. The van der Waals surface area contributed by atoms with Gasteiger partial charge in [-0.25, -0.2) is 9.97 Å². The van der Waals surface area contributed by atoms with Gasteiger partial charge in [0.2, 0.25) is 5.28 Å². The largest absolute Gasteiger partial charge is 0.365 e. The predicted octanol–water partition coefficient (Wildman–Crippen LogP) is 4.65. The number of hydrogen-bond donors (Lipinski definition) is 1. The average Bonchev–Trinajstić information content (AvgIpc) is 3.27. The lowest BCUT2D eigenvalue weighted by Gasteiger charge is -2.41. The van der Waals surface area contributed by atoms with Crippen molar-refractivity contribution in [1.82, 2.24) is 19.9 Å². The van der Waals surface area contributed by atoms with Crippen LogP contribution in [0.2, 0.25) is 5.28 Å². The summed E-state index contributed by atoms with van der Waals surface area (Å²) in [4.78, 5) is 17.0. The lowest BCUT2D eigenvalue weighted by Crippen LogP contribution is -2.45. The van der Waals surface area contributed by atoms with Crippen molar-refractivity contribution in [3.63, 3.8) is 0 Å². The van der Waals surface area contributed by atoms with E-state index in [1.165, 1.54) is 64.5 Å². The van der Waals surface area contributed by atoms with E-state index in [2.05, 4.69) is 25.2 Å². The fraction of sp³-hybridized carbons (Fsp3) is 0.737. The van der Waals surface area contributed by atoms with E-state index < -0.39 is 0 Å². The van der Waals surface area contributed by atoms with Crippen LogP contribution in [0.5, 0.6) is 0 Å². The zero-order chi connectivity index (χ0) is 17.7. The Hall–Kier alpha value is -0.980. The second-order valence-corrected chi connectivity index (χ2v) is 9.93. The standard InChI is InChI=1S/C19H26ClN5S/c1-12-21-15-16(23-18(20)24-17(15)26-12)22-13-2-4-14(5-3-13)25-10-8-19(6-7-19)9-11-25/h13-14H,2-11H2,1H3,(H,22,23,24). The number of aryl methyl sites for hydroxylation is 1. The van der Waals surface area contributed by atoms with Gasteiger partial charge in [0, 0.05) is 12.1 Å². The SMILES string of the molecule is Cc1nc2c(NC3CCC(N4CCC5(CC4)CC5)CC3)nc(Cl)nc2s1. The third-order valence-electron chi connectivity index (χ3n) is 6.71. The van der Waals surface area contributed by atoms with Crippen molar-refractivity contribution < 1.29 is 0 Å². The lowest BCUT2D eigenvalue weighted by molar-refractivity contribution is 0.0975. The van der Waals surface area contributed by atoms with Crippen molar-refractivity contribution >= 4 is 39.1 Å². The van der Waals surface area contributed by atoms with Gasteiger partial charge in [0.25, 0.3) is 0 Å². The molecule has 5 nitrogen and oxygen atoms in total. The summed E-state index contributed by atoms with van der Waals surface area (Å²) >= 11 is 7.69. The molecule has 0 unspecified atom stereocenters. The molecule has 2 saturated carbocycles. The first-order valence-electron chi connectivity index (χ1n) is 9.92. The monoisotopic (exact) mass is 391 g/mol. The van der Waals surface area contributed by atoms with E-state index in [4.69, 9.17) is 11.6 Å². The molecule has 0 bridgehead atoms. The molecule has 0 radical (unpaired) electrons. The Morgan fingerprint density at radius 2 is 1.77 bits per heavy atom. The zero-order valence-corrected chi connectivity index (χ0v) is 16.9. The van der Waals surface area contributed by atoms with Gasteiger partial charge < -0.3 is 10.2 Å². The van der Waals surface area contributed by atoms with E-state index in [0.717, 1.165) is 32.6 Å². The maximum atomic E-state index is 6.11. The van der Waals surface area contributed by atoms with E-state index in [1.807, 2.05) is 6.92 Å².